The molecule has 200 valence electrons. The van der Waals surface area contributed by atoms with Crippen molar-refractivity contribution in [2.45, 2.75) is 45.6 Å². The number of Topliss-reactive ketones (excluding diaryl/α,β-unsaturated/α-hetero) is 1. The van der Waals surface area contributed by atoms with Crippen LogP contribution in [-0.4, -0.2) is 23.9 Å². The van der Waals surface area contributed by atoms with Crippen LogP contribution in [0.3, 0.4) is 0 Å². The molecule has 6 nitrogen and oxygen atoms in total. The lowest BCUT2D eigenvalue weighted by Crippen LogP contribution is -2.31. The lowest BCUT2D eigenvalue weighted by atomic mass is 9.87. The first-order chi connectivity index (χ1) is 18.5. The van der Waals surface area contributed by atoms with E-state index in [2.05, 4.69) is 27.7 Å². The Morgan fingerprint density at radius 2 is 1.72 bits per heavy atom. The number of aliphatic hydroxyl groups is 1. The summed E-state index contributed by atoms with van der Waals surface area (Å²) >= 11 is 6.21. The van der Waals surface area contributed by atoms with Gasteiger partial charge in [0.25, 0.3) is 5.91 Å². The molecule has 0 bridgehead atoms. The van der Waals surface area contributed by atoms with Crippen molar-refractivity contribution in [2.75, 3.05) is 12.0 Å². The number of aliphatic hydroxyl groups excluding tert-OH is 1. The molecule has 7 heteroatoms. The number of halogens is 1. The normalized spacial score (nSPS) is 15.9. The molecule has 0 saturated heterocycles. The lowest BCUT2D eigenvalue weighted by Gasteiger charge is -2.28. The zero-order valence-electron chi connectivity index (χ0n) is 22.5. The summed E-state index contributed by atoms with van der Waals surface area (Å²) in [7, 11) is 1.48. The van der Waals surface area contributed by atoms with Gasteiger partial charge in [-0.3, -0.25) is 14.5 Å². The van der Waals surface area contributed by atoms with Crippen molar-refractivity contribution in [1.82, 2.24) is 0 Å². The summed E-state index contributed by atoms with van der Waals surface area (Å²) in [5.74, 6) is -1.49. The number of fused-ring (bicyclic) bond motifs is 1. The Labute approximate surface area is 232 Å². The highest BCUT2D eigenvalue weighted by Gasteiger charge is 2.45. The van der Waals surface area contributed by atoms with E-state index < -0.39 is 23.5 Å². The van der Waals surface area contributed by atoms with Gasteiger partial charge in [0.15, 0.2) is 22.9 Å². The minimum absolute atomic E-state index is 0.0278. The number of hydrogen-bond donors (Lipinski definition) is 1. The number of ketones is 1. The van der Waals surface area contributed by atoms with Gasteiger partial charge in [0.05, 0.1) is 18.7 Å². The van der Waals surface area contributed by atoms with Gasteiger partial charge in [-0.2, -0.15) is 0 Å². The topological polar surface area (TPSA) is 80.0 Å². The number of ether oxygens (including phenoxy) is 1. The van der Waals surface area contributed by atoms with Gasteiger partial charge in [-0.05, 0) is 52.8 Å². The van der Waals surface area contributed by atoms with Crippen molar-refractivity contribution in [1.29, 1.82) is 0 Å². The smallest absolute Gasteiger partial charge is 0.294 e. The summed E-state index contributed by atoms with van der Waals surface area (Å²) < 4.78 is 11.3. The number of amides is 1. The number of carbonyl (C=O) groups is 2. The van der Waals surface area contributed by atoms with Crippen molar-refractivity contribution in [3.05, 3.63) is 106 Å². The highest BCUT2D eigenvalue weighted by molar-refractivity contribution is 6.31. The maximum atomic E-state index is 14.0. The summed E-state index contributed by atoms with van der Waals surface area (Å²) in [5, 5.41) is 12.1. The van der Waals surface area contributed by atoms with Crippen LogP contribution in [0.15, 0.2) is 82.5 Å². The van der Waals surface area contributed by atoms with Gasteiger partial charge in [-0.15, -0.1) is 0 Å². The number of methoxy groups -OCH3 is 1. The Morgan fingerprint density at radius 1 is 1.05 bits per heavy atom. The van der Waals surface area contributed by atoms with E-state index in [0.717, 1.165) is 17.5 Å². The largest absolute Gasteiger partial charge is 0.503 e. The fourth-order valence-electron chi connectivity index (χ4n) is 4.96. The van der Waals surface area contributed by atoms with Gasteiger partial charge in [-0.1, -0.05) is 75.7 Å². The Bertz CT molecular complexity index is 1610. The second-order valence-corrected chi connectivity index (χ2v) is 11.1. The third-order valence-corrected chi connectivity index (χ3v) is 7.38. The van der Waals surface area contributed by atoms with Crippen LogP contribution >= 0.6 is 11.6 Å². The SMILES string of the molecule is CCc1ccc(C2C(C(=O)c3cc4cc(Cl)cc(OC)c4o3)=C(O)C(=O)N2c2ccc(C(C)(C)C)cc2)cc1. The maximum absolute atomic E-state index is 14.0. The number of carbonyl (C=O) groups excluding carboxylic acids is 2. The summed E-state index contributed by atoms with van der Waals surface area (Å²) in [6.07, 6.45) is 0.845. The third-order valence-electron chi connectivity index (χ3n) is 7.16. The summed E-state index contributed by atoms with van der Waals surface area (Å²) in [6.45, 7) is 8.39. The van der Waals surface area contributed by atoms with Gasteiger partial charge >= 0.3 is 0 Å². The van der Waals surface area contributed by atoms with Gasteiger partial charge in [0.1, 0.15) is 0 Å². The molecular formula is C32H30ClNO5. The van der Waals surface area contributed by atoms with Crippen molar-refractivity contribution >= 4 is 39.9 Å². The minimum Gasteiger partial charge on any atom is -0.503 e. The summed E-state index contributed by atoms with van der Waals surface area (Å²) in [5.41, 5.74) is 3.72. The van der Waals surface area contributed by atoms with Crippen LogP contribution in [0.25, 0.3) is 11.0 Å². The van der Waals surface area contributed by atoms with E-state index in [4.69, 9.17) is 20.8 Å². The van der Waals surface area contributed by atoms with E-state index in [1.807, 2.05) is 48.5 Å². The van der Waals surface area contributed by atoms with Gasteiger partial charge in [0.2, 0.25) is 5.78 Å². The molecule has 1 amide bonds. The van der Waals surface area contributed by atoms with E-state index in [1.54, 1.807) is 18.2 Å². The highest BCUT2D eigenvalue weighted by Crippen LogP contribution is 2.43. The van der Waals surface area contributed by atoms with Crippen LogP contribution in [0, 0.1) is 0 Å². The summed E-state index contributed by atoms with van der Waals surface area (Å²) in [6, 6.07) is 19.3. The standard InChI is InChI=1S/C32H30ClNO5/c1-6-18-7-9-19(10-8-18)27-26(28(35)24-16-20-15-22(33)17-25(38-5)30(20)39-24)29(36)31(37)34(27)23-13-11-21(12-14-23)32(2,3)4/h7-17,27,36H,6H2,1-5H3. The number of hydrogen-bond acceptors (Lipinski definition) is 5. The average Bonchev–Trinajstić information content (AvgIpc) is 3.46. The van der Waals surface area contributed by atoms with Gasteiger partial charge in [0, 0.05) is 22.2 Å². The second kappa shape index (κ2) is 9.93. The molecule has 1 atom stereocenters. The molecule has 0 saturated carbocycles. The summed E-state index contributed by atoms with van der Waals surface area (Å²) in [4.78, 5) is 29.0. The molecule has 0 radical (unpaired) electrons. The average molecular weight is 544 g/mol. The Hall–Kier alpha value is -4.03. The molecule has 0 aliphatic carbocycles. The number of nitrogens with zero attached hydrogens (tertiary/aromatic N) is 1. The number of benzene rings is 3. The highest BCUT2D eigenvalue weighted by atomic mass is 35.5. The van der Waals surface area contributed by atoms with Gasteiger partial charge < -0.3 is 14.3 Å². The third kappa shape index (κ3) is 4.70. The fraction of sp³-hybridized carbons (Fsp3) is 0.250. The zero-order valence-corrected chi connectivity index (χ0v) is 23.3. The first-order valence-corrected chi connectivity index (χ1v) is 13.2. The number of furan rings is 1. The van der Waals surface area contributed by atoms with E-state index in [9.17, 15) is 14.7 Å². The van der Waals surface area contributed by atoms with E-state index in [0.29, 0.717) is 33.0 Å². The van der Waals surface area contributed by atoms with Crippen molar-refractivity contribution < 1.29 is 23.8 Å². The molecule has 1 aliphatic heterocycles. The monoisotopic (exact) mass is 543 g/mol. The molecular weight excluding hydrogens is 514 g/mol. The Kier molecular flexibility index (Phi) is 6.77. The minimum atomic E-state index is -0.852. The molecule has 0 fully saturated rings. The van der Waals surface area contributed by atoms with Crippen LogP contribution in [0.4, 0.5) is 5.69 Å². The predicted octanol–water partition coefficient (Wildman–Crippen LogP) is 7.74. The molecule has 0 spiro atoms. The van der Waals surface area contributed by atoms with Crippen LogP contribution < -0.4 is 9.64 Å². The van der Waals surface area contributed by atoms with Gasteiger partial charge in [-0.25, -0.2) is 0 Å². The zero-order chi connectivity index (χ0) is 28.1. The first kappa shape index (κ1) is 26.6. The van der Waals surface area contributed by atoms with Crippen molar-refractivity contribution in [2.24, 2.45) is 0 Å². The number of rotatable bonds is 6. The van der Waals surface area contributed by atoms with Crippen molar-refractivity contribution in [3.8, 4) is 5.75 Å². The van der Waals surface area contributed by atoms with E-state index in [-0.39, 0.29) is 16.7 Å². The molecule has 39 heavy (non-hydrogen) atoms. The molecule has 1 aromatic heterocycles. The number of anilines is 1. The van der Waals surface area contributed by atoms with Crippen molar-refractivity contribution in [3.63, 3.8) is 0 Å². The van der Waals surface area contributed by atoms with Crippen LogP contribution in [0.5, 0.6) is 5.75 Å². The van der Waals surface area contributed by atoms with E-state index in [1.165, 1.54) is 12.0 Å². The number of aryl methyl sites for hydroxylation is 1. The Morgan fingerprint density at radius 3 is 2.31 bits per heavy atom. The molecule has 2 heterocycles. The van der Waals surface area contributed by atoms with Crippen LogP contribution in [-0.2, 0) is 16.6 Å². The fourth-order valence-corrected chi connectivity index (χ4v) is 5.18. The second-order valence-electron chi connectivity index (χ2n) is 10.7. The van der Waals surface area contributed by atoms with Crippen LogP contribution in [0.1, 0.15) is 61.0 Å². The Balaban J connectivity index is 1.64. The maximum Gasteiger partial charge on any atom is 0.294 e. The van der Waals surface area contributed by atoms with Crippen LogP contribution in [0.2, 0.25) is 5.02 Å². The molecule has 4 aromatic rings. The predicted molar refractivity (Wildman–Crippen MR) is 153 cm³/mol. The molecule has 1 aliphatic rings. The first-order valence-electron chi connectivity index (χ1n) is 12.8. The lowest BCUT2D eigenvalue weighted by molar-refractivity contribution is -0.117. The van der Waals surface area contributed by atoms with E-state index >= 15 is 0 Å². The quantitative estimate of drug-likeness (QED) is 0.252. The molecule has 5 rings (SSSR count). The molecule has 3 aromatic carbocycles. The molecule has 1 N–H and O–H groups in total. The molecule has 1 unspecified atom stereocenters.